The van der Waals surface area contributed by atoms with Crippen molar-refractivity contribution in [2.24, 2.45) is 0 Å². The zero-order valence-corrected chi connectivity index (χ0v) is 6.54. The lowest BCUT2D eigenvalue weighted by molar-refractivity contribution is -0.131. The van der Waals surface area contributed by atoms with Gasteiger partial charge in [0, 0.05) is 0 Å². The molecule has 0 spiro atoms. The fourth-order valence-corrected chi connectivity index (χ4v) is 0.693. The van der Waals surface area contributed by atoms with Gasteiger partial charge in [-0.3, -0.25) is 0 Å². The number of aryl methyl sites for hydroxylation is 1. The van der Waals surface area contributed by atoms with Gasteiger partial charge in [0.05, 0.1) is 11.9 Å². The number of aliphatic hydroxyl groups excluding tert-OH is 1. The summed E-state index contributed by atoms with van der Waals surface area (Å²) in [5.41, 5.74) is 0.475. The molecule has 0 unspecified atom stereocenters. The second-order valence-corrected chi connectivity index (χ2v) is 2.33. The van der Waals surface area contributed by atoms with E-state index >= 15 is 0 Å². The molecule has 1 heterocycles. The Kier molecular flexibility index (Phi) is 2.37. The van der Waals surface area contributed by atoms with Gasteiger partial charge in [0.2, 0.25) is 0 Å². The van der Waals surface area contributed by atoms with Crippen LogP contribution < -0.4 is 0 Å². The lowest BCUT2D eigenvalue weighted by atomic mass is 10.4. The number of aromatic nitrogens is 3. The van der Waals surface area contributed by atoms with Gasteiger partial charge in [-0.05, 0) is 6.42 Å². The highest BCUT2D eigenvalue weighted by Gasteiger charge is 2.31. The van der Waals surface area contributed by atoms with Crippen LogP contribution in [-0.2, 0) is 12.5 Å². The van der Waals surface area contributed by atoms with E-state index in [4.69, 9.17) is 5.11 Å². The summed E-state index contributed by atoms with van der Waals surface area (Å²) in [5, 5.41) is 14.9. The summed E-state index contributed by atoms with van der Waals surface area (Å²) in [6, 6.07) is -3.35. The maximum Gasteiger partial charge on any atom is 0.367 e. The first-order chi connectivity index (χ1) is 5.60. The average Bonchev–Trinajstić information content (AvgIpc) is 2.52. The number of rotatable bonds is 3. The molecular formula is C6H9F2N3O. The fraction of sp³-hybridized carbons (Fsp3) is 0.667. The minimum Gasteiger partial charge on any atom is -0.388 e. The highest BCUT2D eigenvalue weighted by Crippen LogP contribution is 2.17. The molecule has 0 radical (unpaired) electrons. The zero-order valence-electron chi connectivity index (χ0n) is 6.54. The van der Waals surface area contributed by atoms with Gasteiger partial charge in [-0.15, -0.1) is 5.10 Å². The van der Waals surface area contributed by atoms with Gasteiger partial charge in [-0.1, -0.05) is 12.1 Å². The van der Waals surface area contributed by atoms with Crippen molar-refractivity contribution in [1.29, 1.82) is 0 Å². The minimum atomic E-state index is -3.35. The number of nitrogens with zero attached hydrogens (tertiary/aromatic N) is 3. The number of aliphatic hydroxyl groups is 1. The van der Waals surface area contributed by atoms with Crippen LogP contribution in [0.2, 0.25) is 0 Å². The molecule has 0 fully saturated rings. The number of hydrogen-bond donors (Lipinski definition) is 1. The molecule has 4 nitrogen and oxygen atoms in total. The average molecular weight is 177 g/mol. The maximum absolute atomic E-state index is 12.6. The van der Waals surface area contributed by atoms with E-state index < -0.39 is 12.7 Å². The van der Waals surface area contributed by atoms with E-state index in [1.54, 1.807) is 6.92 Å². The van der Waals surface area contributed by atoms with E-state index in [1.165, 1.54) is 0 Å². The lowest BCUT2D eigenvalue weighted by Gasteiger charge is -2.11. The van der Waals surface area contributed by atoms with Crippen molar-refractivity contribution in [1.82, 2.24) is 15.0 Å². The van der Waals surface area contributed by atoms with E-state index in [0.717, 1.165) is 6.20 Å². The Bertz CT molecular complexity index is 261. The molecule has 0 saturated carbocycles. The number of halogens is 2. The van der Waals surface area contributed by atoms with Crippen molar-refractivity contribution in [2.75, 3.05) is 6.61 Å². The SMILES string of the molecule is CCc1cn(C(F)(F)CO)nn1. The highest BCUT2D eigenvalue weighted by atomic mass is 19.3. The van der Waals surface area contributed by atoms with Crippen LogP contribution in [0.15, 0.2) is 6.20 Å². The second kappa shape index (κ2) is 3.14. The summed E-state index contributed by atoms with van der Waals surface area (Å²) >= 11 is 0. The first kappa shape index (κ1) is 9.05. The van der Waals surface area contributed by atoms with Crippen molar-refractivity contribution >= 4 is 0 Å². The van der Waals surface area contributed by atoms with Gasteiger partial charge >= 0.3 is 6.05 Å². The summed E-state index contributed by atoms with van der Waals surface area (Å²) in [6.07, 6.45) is 1.66. The van der Waals surface area contributed by atoms with Gasteiger partial charge in [0.1, 0.15) is 6.61 Å². The molecule has 1 aromatic heterocycles. The molecule has 0 aliphatic rings. The number of alkyl halides is 2. The zero-order chi connectivity index (χ0) is 9.19. The third-order valence-electron chi connectivity index (χ3n) is 1.43. The minimum absolute atomic E-state index is 0.367. The van der Waals surface area contributed by atoms with E-state index in [9.17, 15) is 8.78 Å². The molecule has 6 heteroatoms. The summed E-state index contributed by atoms with van der Waals surface area (Å²) < 4.78 is 25.7. The Balaban J connectivity index is 2.88. The highest BCUT2D eigenvalue weighted by molar-refractivity contribution is 4.92. The molecule has 1 N–H and O–H groups in total. The van der Waals surface area contributed by atoms with Crippen LogP contribution in [0, 0.1) is 0 Å². The van der Waals surface area contributed by atoms with E-state index in [-0.39, 0.29) is 0 Å². The Hall–Kier alpha value is -1.04. The summed E-state index contributed by atoms with van der Waals surface area (Å²) in [6.45, 7) is 0.519. The van der Waals surface area contributed by atoms with Crippen molar-refractivity contribution in [2.45, 2.75) is 19.4 Å². The van der Waals surface area contributed by atoms with Gasteiger partial charge in [0.25, 0.3) is 0 Å². The van der Waals surface area contributed by atoms with Crippen molar-refractivity contribution < 1.29 is 13.9 Å². The van der Waals surface area contributed by atoms with Crippen molar-refractivity contribution in [3.8, 4) is 0 Å². The molecule has 1 rings (SSSR count). The molecule has 0 aliphatic heterocycles. The smallest absolute Gasteiger partial charge is 0.367 e. The Morgan fingerprint density at radius 2 is 2.33 bits per heavy atom. The summed E-state index contributed by atoms with van der Waals surface area (Å²) in [7, 11) is 0. The number of hydrogen-bond acceptors (Lipinski definition) is 3. The van der Waals surface area contributed by atoms with Gasteiger partial charge in [-0.25, -0.2) is 0 Å². The Morgan fingerprint density at radius 3 is 2.75 bits per heavy atom. The quantitative estimate of drug-likeness (QED) is 0.726. The summed E-state index contributed by atoms with van der Waals surface area (Å²) in [5.74, 6) is 0. The summed E-state index contributed by atoms with van der Waals surface area (Å²) in [4.78, 5) is 0. The van der Waals surface area contributed by atoms with Crippen LogP contribution >= 0.6 is 0 Å². The van der Waals surface area contributed by atoms with E-state index in [2.05, 4.69) is 10.3 Å². The van der Waals surface area contributed by atoms with E-state index in [1.807, 2.05) is 0 Å². The van der Waals surface area contributed by atoms with Crippen LogP contribution in [0.4, 0.5) is 8.78 Å². The van der Waals surface area contributed by atoms with Gasteiger partial charge in [0.15, 0.2) is 0 Å². The van der Waals surface area contributed by atoms with Gasteiger partial charge in [-0.2, -0.15) is 13.5 Å². The Labute approximate surface area is 67.8 Å². The lowest BCUT2D eigenvalue weighted by Crippen LogP contribution is -2.27. The molecule has 68 valence electrons. The molecule has 0 amide bonds. The molecular weight excluding hydrogens is 168 g/mol. The topological polar surface area (TPSA) is 50.9 Å². The normalized spacial score (nSPS) is 12.0. The van der Waals surface area contributed by atoms with Crippen LogP contribution in [0.25, 0.3) is 0 Å². The van der Waals surface area contributed by atoms with Crippen LogP contribution in [0.1, 0.15) is 12.6 Å². The predicted octanol–water partition coefficient (Wildman–Crippen LogP) is 0.382. The van der Waals surface area contributed by atoms with Gasteiger partial charge < -0.3 is 5.11 Å². The first-order valence-corrected chi connectivity index (χ1v) is 3.50. The van der Waals surface area contributed by atoms with Crippen molar-refractivity contribution in [3.05, 3.63) is 11.9 Å². The molecule has 0 aliphatic carbocycles. The third kappa shape index (κ3) is 1.58. The maximum atomic E-state index is 12.6. The molecule has 0 saturated heterocycles. The third-order valence-corrected chi connectivity index (χ3v) is 1.43. The molecule has 1 aromatic rings. The fourth-order valence-electron chi connectivity index (χ4n) is 0.693. The predicted molar refractivity (Wildman–Crippen MR) is 36.7 cm³/mol. The Morgan fingerprint density at radius 1 is 1.67 bits per heavy atom. The standard InChI is InChI=1S/C6H9F2N3O/c1-2-5-3-11(10-9-5)6(7,8)4-12/h3,12H,2,4H2,1H3. The van der Waals surface area contributed by atoms with Crippen LogP contribution in [-0.4, -0.2) is 26.7 Å². The van der Waals surface area contributed by atoms with Crippen LogP contribution in [0.5, 0.6) is 0 Å². The van der Waals surface area contributed by atoms with E-state index in [0.29, 0.717) is 16.8 Å². The monoisotopic (exact) mass is 177 g/mol. The largest absolute Gasteiger partial charge is 0.388 e. The van der Waals surface area contributed by atoms with Crippen molar-refractivity contribution in [3.63, 3.8) is 0 Å². The first-order valence-electron chi connectivity index (χ1n) is 3.50. The molecule has 0 atom stereocenters. The molecule has 0 aromatic carbocycles. The molecule has 0 bridgehead atoms. The van der Waals surface area contributed by atoms with Crippen LogP contribution in [0.3, 0.4) is 0 Å². The second-order valence-electron chi connectivity index (χ2n) is 2.33. The molecule has 12 heavy (non-hydrogen) atoms.